The van der Waals surface area contributed by atoms with Crippen LogP contribution < -0.4 is 9.64 Å². The van der Waals surface area contributed by atoms with Crippen molar-refractivity contribution in [2.24, 2.45) is 4.99 Å². The Kier molecular flexibility index (Phi) is 6.70. The highest BCUT2D eigenvalue weighted by Crippen LogP contribution is 2.51. The fourth-order valence-electron chi connectivity index (χ4n) is 4.12. The maximum absolute atomic E-state index is 13.6. The first kappa shape index (κ1) is 23.3. The minimum Gasteiger partial charge on any atom is -0.497 e. The molecule has 2 heterocycles. The zero-order valence-electron chi connectivity index (χ0n) is 19.6. The molecule has 5 rings (SSSR count). The number of hydrogen-bond acceptors (Lipinski definition) is 6. The fraction of sp³-hybridized carbons (Fsp3) is 0.143. The lowest BCUT2D eigenvalue weighted by Gasteiger charge is -2.19. The largest absolute Gasteiger partial charge is 0.497 e. The van der Waals surface area contributed by atoms with Gasteiger partial charge in [-0.05, 0) is 42.4 Å². The molecule has 3 aromatic carbocycles. The van der Waals surface area contributed by atoms with Crippen LogP contribution in [-0.4, -0.2) is 36.2 Å². The number of thioether (sulfide) groups is 2. The third kappa shape index (κ3) is 4.37. The number of methoxy groups -OCH3 is 1. The molecule has 176 valence electrons. The molecule has 7 heteroatoms. The van der Waals surface area contributed by atoms with Crippen LogP contribution in [0, 0.1) is 0 Å². The van der Waals surface area contributed by atoms with Gasteiger partial charge in [-0.25, -0.2) is 4.99 Å². The van der Waals surface area contributed by atoms with E-state index in [-0.39, 0.29) is 5.91 Å². The van der Waals surface area contributed by atoms with Crippen molar-refractivity contribution in [2.75, 3.05) is 25.1 Å². The van der Waals surface area contributed by atoms with E-state index in [1.54, 1.807) is 29.8 Å². The van der Waals surface area contributed by atoms with Gasteiger partial charge in [0.05, 0.1) is 18.5 Å². The summed E-state index contributed by atoms with van der Waals surface area (Å²) >= 11 is 3.05. The number of hydrogen-bond donors (Lipinski definition) is 0. The third-order valence-corrected chi connectivity index (χ3v) is 8.18. The van der Waals surface area contributed by atoms with E-state index in [2.05, 4.69) is 36.6 Å². The average molecular weight is 500 g/mol. The molecule has 1 fully saturated rings. The van der Waals surface area contributed by atoms with Crippen LogP contribution in [0.4, 0.5) is 11.4 Å². The van der Waals surface area contributed by atoms with Crippen LogP contribution in [0.3, 0.4) is 0 Å². The summed E-state index contributed by atoms with van der Waals surface area (Å²) in [6.07, 6.45) is 1.74. The second-order valence-electron chi connectivity index (χ2n) is 7.90. The van der Waals surface area contributed by atoms with Crippen LogP contribution >= 0.6 is 23.5 Å². The number of carbonyl (C=O) groups excluding carboxylic acids is 1. The molecule has 0 atom stereocenters. The van der Waals surface area contributed by atoms with Crippen molar-refractivity contribution in [1.82, 2.24) is 4.90 Å². The number of ether oxygens (including phenoxy) is 1. The van der Waals surface area contributed by atoms with Gasteiger partial charge < -0.3 is 9.64 Å². The maximum atomic E-state index is 13.6. The summed E-state index contributed by atoms with van der Waals surface area (Å²) in [5.74, 6) is 0.749. The lowest BCUT2D eigenvalue weighted by Crippen LogP contribution is -2.30. The molecule has 2 aliphatic heterocycles. The standard InChI is InChI=1S/C28H25N3O2S2/c1-4-17-31-26(32)25(27-30(5-2)23-18-20(33-3)15-16-24(23)34-27)35-28(31)29-22-14-10-9-13-21(22)19-11-7-6-8-12-19/h4,6-16,18H,1,5,17H2,2-3H3/b27-25-,29-28?. The van der Waals surface area contributed by atoms with Crippen molar-refractivity contribution < 1.29 is 9.53 Å². The van der Waals surface area contributed by atoms with Crippen molar-refractivity contribution >= 4 is 46.0 Å². The lowest BCUT2D eigenvalue weighted by molar-refractivity contribution is -0.121. The lowest BCUT2D eigenvalue weighted by atomic mass is 10.0. The Morgan fingerprint density at radius 1 is 1.00 bits per heavy atom. The molecule has 0 bridgehead atoms. The van der Waals surface area contributed by atoms with Crippen molar-refractivity contribution in [2.45, 2.75) is 11.8 Å². The molecule has 0 N–H and O–H groups in total. The van der Waals surface area contributed by atoms with Crippen LogP contribution in [-0.2, 0) is 4.79 Å². The number of para-hydroxylation sites is 1. The van der Waals surface area contributed by atoms with Gasteiger partial charge in [0.25, 0.3) is 5.91 Å². The number of rotatable bonds is 6. The SMILES string of the molecule is C=CCN1C(=O)/C(=C2/Sc3ccc(OC)cc3N2CC)SC1=Nc1ccccc1-c1ccccc1. The molecular formula is C28H25N3O2S2. The van der Waals surface area contributed by atoms with Gasteiger partial charge in [0.15, 0.2) is 5.17 Å². The zero-order chi connectivity index (χ0) is 24.4. The molecule has 0 spiro atoms. The molecule has 0 aromatic heterocycles. The van der Waals surface area contributed by atoms with Crippen LogP contribution in [0.1, 0.15) is 6.92 Å². The Hall–Kier alpha value is -3.42. The molecule has 0 aliphatic carbocycles. The molecular weight excluding hydrogens is 474 g/mol. The number of amidine groups is 1. The third-order valence-electron chi connectivity index (χ3n) is 5.80. The molecule has 5 nitrogen and oxygen atoms in total. The predicted molar refractivity (Wildman–Crippen MR) is 147 cm³/mol. The van der Waals surface area contributed by atoms with Crippen LogP contribution in [0.15, 0.2) is 105 Å². The average Bonchev–Trinajstić information content (AvgIpc) is 3.41. The number of nitrogens with zero attached hydrogens (tertiary/aromatic N) is 3. The summed E-state index contributed by atoms with van der Waals surface area (Å²) in [4.78, 5) is 24.3. The molecule has 0 radical (unpaired) electrons. The Morgan fingerprint density at radius 2 is 1.77 bits per heavy atom. The van der Waals surface area contributed by atoms with Crippen molar-refractivity contribution in [3.05, 3.63) is 95.4 Å². The number of anilines is 1. The van der Waals surface area contributed by atoms with Gasteiger partial charge in [-0.3, -0.25) is 9.69 Å². The molecule has 35 heavy (non-hydrogen) atoms. The van der Waals surface area contributed by atoms with E-state index in [9.17, 15) is 4.79 Å². The first-order chi connectivity index (χ1) is 17.1. The number of carbonyl (C=O) groups is 1. The van der Waals surface area contributed by atoms with Gasteiger partial charge in [-0.2, -0.15) is 0 Å². The van der Waals surface area contributed by atoms with Crippen LogP contribution in [0.5, 0.6) is 5.75 Å². The Balaban J connectivity index is 1.57. The number of benzene rings is 3. The summed E-state index contributed by atoms with van der Waals surface area (Å²) in [7, 11) is 1.67. The van der Waals surface area contributed by atoms with E-state index < -0.39 is 0 Å². The Bertz CT molecular complexity index is 1350. The van der Waals surface area contributed by atoms with Crippen molar-refractivity contribution in [3.8, 4) is 16.9 Å². The van der Waals surface area contributed by atoms with Crippen LogP contribution in [0.25, 0.3) is 11.1 Å². The minimum absolute atomic E-state index is 0.0495. The Labute approximate surface area is 214 Å². The number of amides is 1. The first-order valence-corrected chi connectivity index (χ1v) is 13.0. The summed E-state index contributed by atoms with van der Waals surface area (Å²) in [5.41, 5.74) is 4.00. The number of fused-ring (bicyclic) bond motifs is 1. The van der Waals surface area contributed by atoms with E-state index >= 15 is 0 Å². The summed E-state index contributed by atoms with van der Waals surface area (Å²) in [6.45, 7) is 7.09. The maximum Gasteiger partial charge on any atom is 0.269 e. The molecule has 3 aromatic rings. The normalized spacial score (nSPS) is 18.3. The fourth-order valence-corrected chi connectivity index (χ4v) is 6.49. The van der Waals surface area contributed by atoms with Gasteiger partial charge in [-0.1, -0.05) is 66.4 Å². The second kappa shape index (κ2) is 10.1. The molecule has 0 unspecified atom stereocenters. The molecule has 1 saturated heterocycles. The highest BCUT2D eigenvalue weighted by atomic mass is 32.2. The monoisotopic (exact) mass is 499 g/mol. The minimum atomic E-state index is -0.0495. The topological polar surface area (TPSA) is 45.1 Å². The van der Waals surface area contributed by atoms with Gasteiger partial charge in [-0.15, -0.1) is 6.58 Å². The highest BCUT2D eigenvalue weighted by Gasteiger charge is 2.39. The van der Waals surface area contributed by atoms with Gasteiger partial charge >= 0.3 is 0 Å². The van der Waals surface area contributed by atoms with E-state index in [1.165, 1.54) is 11.8 Å². The predicted octanol–water partition coefficient (Wildman–Crippen LogP) is 6.91. The first-order valence-electron chi connectivity index (χ1n) is 11.4. The molecule has 2 aliphatic rings. The smallest absolute Gasteiger partial charge is 0.269 e. The van der Waals surface area contributed by atoms with E-state index in [4.69, 9.17) is 9.73 Å². The van der Waals surface area contributed by atoms with Crippen LogP contribution in [0.2, 0.25) is 0 Å². The van der Waals surface area contributed by atoms with Crippen molar-refractivity contribution in [1.29, 1.82) is 0 Å². The Morgan fingerprint density at radius 3 is 2.51 bits per heavy atom. The van der Waals surface area contributed by atoms with E-state index in [0.29, 0.717) is 16.6 Å². The van der Waals surface area contributed by atoms with Gasteiger partial charge in [0.2, 0.25) is 0 Å². The summed E-state index contributed by atoms with van der Waals surface area (Å²) in [6, 6.07) is 24.2. The van der Waals surface area contributed by atoms with E-state index in [0.717, 1.165) is 44.7 Å². The van der Waals surface area contributed by atoms with Gasteiger partial charge in [0, 0.05) is 29.6 Å². The summed E-state index contributed by atoms with van der Waals surface area (Å²) < 4.78 is 5.43. The zero-order valence-corrected chi connectivity index (χ0v) is 21.2. The highest BCUT2D eigenvalue weighted by molar-refractivity contribution is 8.19. The summed E-state index contributed by atoms with van der Waals surface area (Å²) in [5, 5.41) is 1.59. The number of aliphatic imine (C=N–C) groups is 1. The van der Waals surface area contributed by atoms with Crippen molar-refractivity contribution in [3.63, 3.8) is 0 Å². The quantitative estimate of drug-likeness (QED) is 0.272. The van der Waals surface area contributed by atoms with Gasteiger partial charge in [0.1, 0.15) is 15.7 Å². The second-order valence-corrected chi connectivity index (χ2v) is 9.91. The van der Waals surface area contributed by atoms with E-state index in [1.807, 2.05) is 54.6 Å². The molecule has 0 saturated carbocycles. The molecule has 1 amide bonds.